The Morgan fingerprint density at radius 2 is 2.05 bits per heavy atom. The molecule has 0 aromatic carbocycles. The van der Waals surface area contributed by atoms with Crippen molar-refractivity contribution in [3.63, 3.8) is 0 Å². The van der Waals surface area contributed by atoms with Gasteiger partial charge in [0.2, 0.25) is 0 Å². The molecule has 0 amide bonds. The van der Waals surface area contributed by atoms with Crippen LogP contribution in [0.2, 0.25) is 0 Å². The zero-order valence-corrected chi connectivity index (χ0v) is 13.6. The second-order valence-electron chi connectivity index (χ2n) is 5.83. The Hall–Kier alpha value is -0.380. The Labute approximate surface area is 122 Å². The number of likely N-dealkylation sites (N-methyl/N-ethyl adjacent to an activating group) is 1. The highest BCUT2D eigenvalue weighted by molar-refractivity contribution is 7.10. The Morgan fingerprint density at radius 1 is 1.37 bits per heavy atom. The van der Waals surface area contributed by atoms with Gasteiger partial charge >= 0.3 is 0 Å². The highest BCUT2D eigenvalue weighted by atomic mass is 32.1. The topological polar surface area (TPSA) is 15.3 Å². The molecule has 2 rings (SSSR count). The van der Waals surface area contributed by atoms with E-state index in [1.165, 1.54) is 42.8 Å². The molecule has 3 heteroatoms. The molecule has 2 atom stereocenters. The van der Waals surface area contributed by atoms with E-state index in [0.717, 1.165) is 6.54 Å². The van der Waals surface area contributed by atoms with Gasteiger partial charge in [-0.15, -0.1) is 11.3 Å². The molecule has 0 spiro atoms. The third-order valence-corrected chi connectivity index (χ3v) is 5.65. The molecule has 1 aliphatic heterocycles. The summed E-state index contributed by atoms with van der Waals surface area (Å²) in [6.07, 6.45) is 3.91. The highest BCUT2D eigenvalue weighted by Gasteiger charge is 2.40. The summed E-state index contributed by atoms with van der Waals surface area (Å²) in [6.45, 7) is 12.8. The summed E-state index contributed by atoms with van der Waals surface area (Å²) in [5, 5.41) is 5.99. The van der Waals surface area contributed by atoms with Gasteiger partial charge in [0.1, 0.15) is 0 Å². The van der Waals surface area contributed by atoms with Gasteiger partial charge in [0.15, 0.2) is 0 Å². The van der Waals surface area contributed by atoms with Crippen molar-refractivity contribution in [3.8, 4) is 0 Å². The van der Waals surface area contributed by atoms with E-state index in [0.29, 0.717) is 6.04 Å². The van der Waals surface area contributed by atoms with Gasteiger partial charge in [-0.2, -0.15) is 0 Å². The predicted octanol–water partition coefficient (Wildman–Crippen LogP) is 3.97. The lowest BCUT2D eigenvalue weighted by Crippen LogP contribution is -2.53. The summed E-state index contributed by atoms with van der Waals surface area (Å²) in [6, 6.07) is 2.77. The normalized spacial score (nSPS) is 21.5. The molecule has 108 valence electrons. The molecule has 2 unspecified atom stereocenters. The lowest BCUT2D eigenvalue weighted by molar-refractivity contribution is 0.0846. The fourth-order valence-corrected chi connectivity index (χ4v) is 4.14. The first-order valence-electron chi connectivity index (χ1n) is 7.66. The van der Waals surface area contributed by atoms with Crippen LogP contribution in [0, 0.1) is 6.92 Å². The van der Waals surface area contributed by atoms with Crippen LogP contribution in [0.25, 0.3) is 0 Å². The average Bonchev–Trinajstić information content (AvgIpc) is 3.06. The van der Waals surface area contributed by atoms with Crippen LogP contribution in [0.3, 0.4) is 0 Å². The predicted molar refractivity (Wildman–Crippen MR) is 85.0 cm³/mol. The Kier molecular flexibility index (Phi) is 5.04. The molecular formula is C16H28N2S. The number of hydrogen-bond acceptors (Lipinski definition) is 3. The SMILES string of the molecule is CCNC(c1ccsc1C)C(C)(CC)N1CCCC1. The summed E-state index contributed by atoms with van der Waals surface area (Å²) in [7, 11) is 0. The van der Waals surface area contributed by atoms with E-state index in [1.807, 2.05) is 11.3 Å². The number of nitrogens with zero attached hydrogens (tertiary/aromatic N) is 1. The molecule has 0 aliphatic carbocycles. The third-order valence-electron chi connectivity index (χ3n) is 4.78. The second kappa shape index (κ2) is 6.38. The summed E-state index contributed by atoms with van der Waals surface area (Å²) in [5.41, 5.74) is 1.74. The maximum atomic E-state index is 3.76. The van der Waals surface area contributed by atoms with Crippen LogP contribution in [0.15, 0.2) is 11.4 Å². The smallest absolute Gasteiger partial charge is 0.0515 e. The molecule has 2 nitrogen and oxygen atoms in total. The van der Waals surface area contributed by atoms with Crippen LogP contribution in [0.1, 0.15) is 56.5 Å². The zero-order chi connectivity index (χ0) is 13.9. The lowest BCUT2D eigenvalue weighted by atomic mass is 9.83. The summed E-state index contributed by atoms with van der Waals surface area (Å²) in [4.78, 5) is 4.17. The van der Waals surface area contributed by atoms with Crippen LogP contribution in [0.4, 0.5) is 0 Å². The quantitative estimate of drug-likeness (QED) is 0.848. The van der Waals surface area contributed by atoms with Crippen molar-refractivity contribution >= 4 is 11.3 Å². The van der Waals surface area contributed by atoms with Gasteiger partial charge in [-0.25, -0.2) is 0 Å². The first-order chi connectivity index (χ1) is 9.13. The average molecular weight is 280 g/mol. The van der Waals surface area contributed by atoms with Crippen molar-refractivity contribution in [2.24, 2.45) is 0 Å². The van der Waals surface area contributed by atoms with Crippen molar-refractivity contribution < 1.29 is 0 Å². The minimum Gasteiger partial charge on any atom is -0.309 e. The largest absolute Gasteiger partial charge is 0.309 e. The summed E-state index contributed by atoms with van der Waals surface area (Å²) in [5.74, 6) is 0. The molecule has 1 N–H and O–H groups in total. The molecule has 1 saturated heterocycles. The number of thiophene rings is 1. The second-order valence-corrected chi connectivity index (χ2v) is 6.95. The van der Waals surface area contributed by atoms with Gasteiger partial charge in [0.05, 0.1) is 6.04 Å². The van der Waals surface area contributed by atoms with Crippen molar-refractivity contribution in [1.82, 2.24) is 10.2 Å². The van der Waals surface area contributed by atoms with E-state index in [9.17, 15) is 0 Å². The van der Waals surface area contributed by atoms with Crippen molar-refractivity contribution in [2.45, 2.75) is 58.5 Å². The van der Waals surface area contributed by atoms with Gasteiger partial charge in [0, 0.05) is 10.4 Å². The van der Waals surface area contributed by atoms with Gasteiger partial charge in [-0.1, -0.05) is 13.8 Å². The highest BCUT2D eigenvalue weighted by Crippen LogP contribution is 2.38. The molecule has 1 aromatic heterocycles. The molecule has 0 saturated carbocycles. The monoisotopic (exact) mass is 280 g/mol. The van der Waals surface area contributed by atoms with E-state index in [-0.39, 0.29) is 5.54 Å². The minimum absolute atomic E-state index is 0.234. The van der Waals surface area contributed by atoms with Crippen molar-refractivity contribution in [1.29, 1.82) is 0 Å². The molecular weight excluding hydrogens is 252 g/mol. The van der Waals surface area contributed by atoms with Crippen molar-refractivity contribution in [3.05, 3.63) is 21.9 Å². The molecule has 2 heterocycles. The molecule has 19 heavy (non-hydrogen) atoms. The lowest BCUT2D eigenvalue weighted by Gasteiger charge is -2.45. The molecule has 0 bridgehead atoms. The number of likely N-dealkylation sites (tertiary alicyclic amines) is 1. The van der Waals surface area contributed by atoms with E-state index in [4.69, 9.17) is 0 Å². The maximum absolute atomic E-state index is 3.76. The summed E-state index contributed by atoms with van der Waals surface area (Å²) < 4.78 is 0. The van der Waals surface area contributed by atoms with Crippen molar-refractivity contribution in [2.75, 3.05) is 19.6 Å². The van der Waals surface area contributed by atoms with Crippen LogP contribution in [-0.4, -0.2) is 30.1 Å². The molecule has 0 radical (unpaired) electrons. The van der Waals surface area contributed by atoms with E-state index in [2.05, 4.69) is 49.4 Å². The van der Waals surface area contributed by atoms with Crippen LogP contribution >= 0.6 is 11.3 Å². The molecule has 1 fully saturated rings. The van der Waals surface area contributed by atoms with Gasteiger partial charge in [-0.05, 0) is 69.8 Å². The first-order valence-corrected chi connectivity index (χ1v) is 8.53. The van der Waals surface area contributed by atoms with E-state index in [1.54, 1.807) is 0 Å². The fourth-order valence-electron chi connectivity index (χ4n) is 3.40. The first kappa shape index (κ1) is 15.0. The van der Waals surface area contributed by atoms with E-state index < -0.39 is 0 Å². The molecule has 1 aliphatic rings. The molecule has 1 aromatic rings. The van der Waals surface area contributed by atoms with Gasteiger partial charge in [-0.3, -0.25) is 4.90 Å². The Morgan fingerprint density at radius 3 is 2.53 bits per heavy atom. The Balaban J connectivity index is 2.32. The van der Waals surface area contributed by atoms with Crippen LogP contribution in [0.5, 0.6) is 0 Å². The number of nitrogens with one attached hydrogen (secondary N) is 1. The maximum Gasteiger partial charge on any atom is 0.0515 e. The number of aryl methyl sites for hydroxylation is 1. The van der Waals surface area contributed by atoms with Gasteiger partial charge in [0.25, 0.3) is 0 Å². The number of rotatable bonds is 6. The minimum atomic E-state index is 0.234. The fraction of sp³-hybridized carbons (Fsp3) is 0.750. The van der Waals surface area contributed by atoms with Gasteiger partial charge < -0.3 is 5.32 Å². The van der Waals surface area contributed by atoms with Crippen LogP contribution in [-0.2, 0) is 0 Å². The zero-order valence-electron chi connectivity index (χ0n) is 12.8. The summed E-state index contributed by atoms with van der Waals surface area (Å²) >= 11 is 1.87. The Bertz CT molecular complexity index is 395. The standard InChI is InChI=1S/C16H28N2S/c1-5-16(4,18-10-7-8-11-18)15(17-6-2)14-9-12-19-13(14)3/h9,12,15,17H,5-8,10-11H2,1-4H3. The third kappa shape index (κ3) is 2.88. The van der Waals surface area contributed by atoms with Crippen LogP contribution < -0.4 is 5.32 Å². The number of hydrogen-bond donors (Lipinski definition) is 1. The van der Waals surface area contributed by atoms with E-state index >= 15 is 0 Å².